The minimum atomic E-state index is 0. The Morgan fingerprint density at radius 2 is 1.36 bits per heavy atom. The van der Waals surface area contributed by atoms with Crippen molar-refractivity contribution in [2.45, 2.75) is 64.8 Å². The van der Waals surface area contributed by atoms with E-state index in [1.54, 1.807) is 0 Å². The molecule has 1 aliphatic rings. The molecule has 2 heteroatoms. The van der Waals surface area contributed by atoms with Crippen LogP contribution in [0, 0.1) is 5.92 Å². The summed E-state index contributed by atoms with van der Waals surface area (Å²) in [6, 6.07) is 22.5. The predicted molar refractivity (Wildman–Crippen MR) is 123 cm³/mol. The highest BCUT2D eigenvalue weighted by atomic mass is 15.0. The van der Waals surface area contributed by atoms with Crippen molar-refractivity contribution in [3.8, 4) is 0 Å². The smallest absolute Gasteiger partial charge is 0.0101 e. The van der Waals surface area contributed by atoms with Gasteiger partial charge in [0.1, 0.15) is 0 Å². The molecule has 2 N–H and O–H groups in total. The van der Waals surface area contributed by atoms with Gasteiger partial charge in [0.05, 0.1) is 0 Å². The lowest BCUT2D eigenvalue weighted by Crippen LogP contribution is -2.38. The normalized spacial score (nSPS) is 15.9. The van der Waals surface area contributed by atoms with Gasteiger partial charge in [-0.05, 0) is 49.8 Å². The van der Waals surface area contributed by atoms with Crippen LogP contribution >= 0.6 is 0 Å². The molecule has 2 aromatic rings. The summed E-state index contributed by atoms with van der Waals surface area (Å²) >= 11 is 0. The van der Waals surface area contributed by atoms with Crippen LogP contribution in [0.5, 0.6) is 0 Å². The monoisotopic (exact) mass is 380 g/mol. The average Bonchev–Trinajstić information content (AvgIpc) is 2.75. The van der Waals surface area contributed by atoms with E-state index < -0.39 is 0 Å². The van der Waals surface area contributed by atoms with Gasteiger partial charge in [0.25, 0.3) is 0 Å². The van der Waals surface area contributed by atoms with E-state index in [0.717, 1.165) is 32.0 Å². The van der Waals surface area contributed by atoms with E-state index in [1.807, 2.05) is 0 Å². The SMILES string of the molecule is C.C[C@@H](NCCNCCC(c1ccccc1)c1ccccc1)C1CCCCC1. The summed E-state index contributed by atoms with van der Waals surface area (Å²) in [5.74, 6) is 1.35. The second-order valence-corrected chi connectivity index (χ2v) is 8.05. The van der Waals surface area contributed by atoms with Crippen LogP contribution in [0.25, 0.3) is 0 Å². The first-order valence-corrected chi connectivity index (χ1v) is 10.9. The molecular weight excluding hydrogens is 340 g/mol. The fraction of sp³-hybridized carbons (Fsp3) is 0.538. The molecule has 0 unspecified atom stereocenters. The zero-order chi connectivity index (χ0) is 18.7. The Morgan fingerprint density at radius 1 is 0.786 bits per heavy atom. The number of rotatable bonds is 10. The fourth-order valence-electron chi connectivity index (χ4n) is 4.46. The molecule has 28 heavy (non-hydrogen) atoms. The number of benzene rings is 2. The molecule has 3 rings (SSSR count). The summed E-state index contributed by atoms with van der Waals surface area (Å²) in [4.78, 5) is 0. The lowest BCUT2D eigenvalue weighted by Gasteiger charge is -2.28. The topological polar surface area (TPSA) is 24.1 Å². The van der Waals surface area contributed by atoms with Crippen molar-refractivity contribution in [3.63, 3.8) is 0 Å². The first-order chi connectivity index (χ1) is 13.3. The van der Waals surface area contributed by atoms with Gasteiger partial charge in [0.2, 0.25) is 0 Å². The highest BCUT2D eigenvalue weighted by molar-refractivity contribution is 5.32. The molecule has 1 saturated carbocycles. The van der Waals surface area contributed by atoms with Crippen molar-refractivity contribution in [3.05, 3.63) is 71.8 Å². The first kappa shape index (κ1) is 22.6. The maximum absolute atomic E-state index is 3.74. The van der Waals surface area contributed by atoms with Crippen LogP contribution in [0.15, 0.2) is 60.7 Å². The summed E-state index contributed by atoms with van der Waals surface area (Å²) in [6.07, 6.45) is 8.25. The minimum absolute atomic E-state index is 0. The zero-order valence-corrected chi connectivity index (χ0v) is 16.9. The Balaban J connectivity index is 0.00000280. The minimum Gasteiger partial charge on any atom is -0.315 e. The molecule has 0 heterocycles. The van der Waals surface area contributed by atoms with Gasteiger partial charge in [-0.25, -0.2) is 0 Å². The van der Waals surface area contributed by atoms with Crippen LogP contribution in [-0.4, -0.2) is 25.7 Å². The molecule has 1 fully saturated rings. The summed E-state index contributed by atoms with van der Waals surface area (Å²) in [5, 5.41) is 7.39. The molecule has 0 amide bonds. The van der Waals surface area contributed by atoms with Gasteiger partial charge in [0, 0.05) is 25.0 Å². The van der Waals surface area contributed by atoms with Crippen LogP contribution in [0.2, 0.25) is 0 Å². The molecule has 1 aliphatic carbocycles. The van der Waals surface area contributed by atoms with Crippen LogP contribution in [-0.2, 0) is 0 Å². The highest BCUT2D eigenvalue weighted by Gasteiger charge is 2.19. The maximum Gasteiger partial charge on any atom is 0.0101 e. The van der Waals surface area contributed by atoms with Crippen molar-refractivity contribution in [1.29, 1.82) is 0 Å². The molecule has 2 aromatic carbocycles. The second kappa shape index (κ2) is 12.7. The largest absolute Gasteiger partial charge is 0.315 e. The van der Waals surface area contributed by atoms with E-state index in [1.165, 1.54) is 43.2 Å². The molecule has 0 aliphatic heterocycles. The van der Waals surface area contributed by atoms with Gasteiger partial charge in [-0.2, -0.15) is 0 Å². The van der Waals surface area contributed by atoms with E-state index in [9.17, 15) is 0 Å². The standard InChI is InChI=1S/C25H36N2.CH4/c1-21(22-11-5-2-6-12-22)27-20-19-26-18-17-25(23-13-7-3-8-14-23)24-15-9-4-10-16-24;/h3-4,7-10,13-16,21-22,25-27H,2,5-6,11-12,17-20H2,1H3;1H4/t21-;/m1./s1. The third kappa shape index (κ3) is 7.07. The van der Waals surface area contributed by atoms with Gasteiger partial charge < -0.3 is 10.6 Å². The zero-order valence-electron chi connectivity index (χ0n) is 16.9. The van der Waals surface area contributed by atoms with Crippen molar-refractivity contribution in [2.24, 2.45) is 5.92 Å². The van der Waals surface area contributed by atoms with Crippen LogP contribution in [0.1, 0.15) is 69.9 Å². The van der Waals surface area contributed by atoms with Crippen molar-refractivity contribution in [1.82, 2.24) is 10.6 Å². The van der Waals surface area contributed by atoms with E-state index in [-0.39, 0.29) is 7.43 Å². The van der Waals surface area contributed by atoms with E-state index in [2.05, 4.69) is 78.2 Å². The van der Waals surface area contributed by atoms with E-state index in [0.29, 0.717) is 12.0 Å². The molecule has 1 atom stereocenters. The van der Waals surface area contributed by atoms with Crippen LogP contribution < -0.4 is 10.6 Å². The summed E-state index contributed by atoms with van der Waals surface area (Å²) in [6.45, 7) is 5.54. The quantitative estimate of drug-likeness (QED) is 0.495. The van der Waals surface area contributed by atoms with E-state index >= 15 is 0 Å². The van der Waals surface area contributed by atoms with Gasteiger partial charge in [-0.1, -0.05) is 87.4 Å². The van der Waals surface area contributed by atoms with Gasteiger partial charge >= 0.3 is 0 Å². The van der Waals surface area contributed by atoms with Crippen LogP contribution in [0.3, 0.4) is 0 Å². The van der Waals surface area contributed by atoms with Crippen molar-refractivity contribution in [2.75, 3.05) is 19.6 Å². The maximum atomic E-state index is 3.74. The molecule has 0 bridgehead atoms. The molecule has 0 radical (unpaired) electrons. The summed E-state index contributed by atoms with van der Waals surface area (Å²) < 4.78 is 0. The number of nitrogens with one attached hydrogen (secondary N) is 2. The van der Waals surface area contributed by atoms with Crippen molar-refractivity contribution >= 4 is 0 Å². The highest BCUT2D eigenvalue weighted by Crippen LogP contribution is 2.27. The van der Waals surface area contributed by atoms with Crippen molar-refractivity contribution < 1.29 is 0 Å². The van der Waals surface area contributed by atoms with E-state index in [4.69, 9.17) is 0 Å². The third-order valence-electron chi connectivity index (χ3n) is 6.14. The molecule has 0 aromatic heterocycles. The Labute approximate surface area is 173 Å². The Morgan fingerprint density at radius 3 is 1.93 bits per heavy atom. The van der Waals surface area contributed by atoms with Crippen LogP contribution in [0.4, 0.5) is 0 Å². The second-order valence-electron chi connectivity index (χ2n) is 8.05. The Kier molecular flexibility index (Phi) is 10.3. The average molecular weight is 381 g/mol. The number of hydrogen-bond acceptors (Lipinski definition) is 2. The third-order valence-corrected chi connectivity index (χ3v) is 6.14. The summed E-state index contributed by atoms with van der Waals surface area (Å²) in [5.41, 5.74) is 2.82. The lowest BCUT2D eigenvalue weighted by molar-refractivity contribution is 0.282. The molecular formula is C26H40N2. The first-order valence-electron chi connectivity index (χ1n) is 10.9. The summed E-state index contributed by atoms with van der Waals surface area (Å²) in [7, 11) is 0. The molecule has 0 spiro atoms. The van der Waals surface area contributed by atoms with Gasteiger partial charge in [-0.15, -0.1) is 0 Å². The van der Waals surface area contributed by atoms with Gasteiger partial charge in [-0.3, -0.25) is 0 Å². The molecule has 0 saturated heterocycles. The fourth-order valence-corrected chi connectivity index (χ4v) is 4.46. The number of hydrogen-bond donors (Lipinski definition) is 2. The lowest BCUT2D eigenvalue weighted by atomic mass is 9.84. The predicted octanol–water partition coefficient (Wildman–Crippen LogP) is 5.99. The molecule has 154 valence electrons. The van der Waals surface area contributed by atoms with Gasteiger partial charge in [0.15, 0.2) is 0 Å². The molecule has 2 nitrogen and oxygen atoms in total. The Hall–Kier alpha value is -1.64. The Bertz CT molecular complexity index is 580.